The Morgan fingerprint density at radius 2 is 1.61 bits per heavy atom. The van der Waals surface area contributed by atoms with Crippen LogP contribution < -0.4 is 0 Å². The maximum absolute atomic E-state index is 6.28. The highest BCUT2D eigenvalue weighted by atomic mass is 16.7. The van der Waals surface area contributed by atoms with E-state index in [0.717, 1.165) is 31.8 Å². The molecule has 0 saturated heterocycles. The summed E-state index contributed by atoms with van der Waals surface area (Å²) in [5, 5.41) is 0. The summed E-state index contributed by atoms with van der Waals surface area (Å²) in [6, 6.07) is 0. The van der Waals surface area contributed by atoms with Crippen molar-refractivity contribution in [3.8, 4) is 0 Å². The van der Waals surface area contributed by atoms with Gasteiger partial charge in [0.15, 0.2) is 5.79 Å². The molecule has 0 aromatic carbocycles. The van der Waals surface area contributed by atoms with E-state index >= 15 is 0 Å². The van der Waals surface area contributed by atoms with Crippen LogP contribution in [0.5, 0.6) is 0 Å². The maximum Gasteiger partial charge on any atom is 0.169 e. The first-order chi connectivity index (χ1) is 8.43. The van der Waals surface area contributed by atoms with Crippen molar-refractivity contribution in [2.45, 2.75) is 92.0 Å². The average molecular weight is 258 g/mol. The standard InChI is InChI=1S/C14H28O2.C2H6/c1-6-13(4,5)16-14(15-7-2)10-8-12(3)9-11-14;1-2/h12H,6-11H2,1-5H3;1-2H3. The van der Waals surface area contributed by atoms with Crippen LogP contribution in [0.3, 0.4) is 0 Å². The summed E-state index contributed by atoms with van der Waals surface area (Å²) in [6.07, 6.45) is 5.56. The second-order valence-electron chi connectivity index (χ2n) is 5.74. The van der Waals surface area contributed by atoms with Gasteiger partial charge in [-0.15, -0.1) is 0 Å². The van der Waals surface area contributed by atoms with Crippen LogP contribution in [0.25, 0.3) is 0 Å². The third-order valence-electron chi connectivity index (χ3n) is 3.76. The van der Waals surface area contributed by atoms with E-state index in [4.69, 9.17) is 9.47 Å². The second-order valence-corrected chi connectivity index (χ2v) is 5.74. The molecule has 0 N–H and O–H groups in total. The van der Waals surface area contributed by atoms with Gasteiger partial charge in [-0.2, -0.15) is 0 Å². The molecule has 0 radical (unpaired) electrons. The third-order valence-corrected chi connectivity index (χ3v) is 3.76. The molecule has 1 aliphatic carbocycles. The molecule has 2 heteroatoms. The smallest absolute Gasteiger partial charge is 0.169 e. The van der Waals surface area contributed by atoms with Crippen LogP contribution in [0.2, 0.25) is 0 Å². The minimum absolute atomic E-state index is 0.0737. The zero-order valence-electron chi connectivity index (χ0n) is 13.6. The fourth-order valence-electron chi connectivity index (χ4n) is 2.32. The van der Waals surface area contributed by atoms with Crippen LogP contribution in [-0.4, -0.2) is 18.0 Å². The lowest BCUT2D eigenvalue weighted by Gasteiger charge is -2.43. The number of rotatable bonds is 5. The summed E-state index contributed by atoms with van der Waals surface area (Å²) in [6.45, 7) is 15.6. The molecular formula is C16H34O2. The van der Waals surface area contributed by atoms with E-state index < -0.39 is 0 Å². The van der Waals surface area contributed by atoms with Crippen molar-refractivity contribution < 1.29 is 9.47 Å². The zero-order valence-corrected chi connectivity index (χ0v) is 13.6. The number of ether oxygens (including phenoxy) is 2. The molecule has 18 heavy (non-hydrogen) atoms. The molecule has 110 valence electrons. The largest absolute Gasteiger partial charge is 0.350 e. The first-order valence-corrected chi connectivity index (χ1v) is 7.77. The van der Waals surface area contributed by atoms with Gasteiger partial charge in [-0.25, -0.2) is 0 Å². The van der Waals surface area contributed by atoms with Crippen LogP contribution >= 0.6 is 0 Å². The summed E-state index contributed by atoms with van der Waals surface area (Å²) in [4.78, 5) is 0. The second kappa shape index (κ2) is 8.16. The van der Waals surface area contributed by atoms with Gasteiger partial charge in [-0.3, -0.25) is 0 Å². The van der Waals surface area contributed by atoms with E-state index in [0.29, 0.717) is 0 Å². The molecule has 1 rings (SSSR count). The van der Waals surface area contributed by atoms with Gasteiger partial charge in [0.05, 0.1) is 5.60 Å². The minimum atomic E-state index is -0.305. The molecule has 1 saturated carbocycles. The number of hydrogen-bond donors (Lipinski definition) is 0. The Balaban J connectivity index is 0.00000137. The molecule has 0 amide bonds. The zero-order chi connectivity index (χ0) is 14.2. The quantitative estimate of drug-likeness (QED) is 0.634. The van der Waals surface area contributed by atoms with Crippen LogP contribution in [-0.2, 0) is 9.47 Å². The van der Waals surface area contributed by atoms with Gasteiger partial charge in [-0.05, 0) is 46.0 Å². The lowest BCUT2D eigenvalue weighted by molar-refractivity contribution is -0.296. The summed E-state index contributed by atoms with van der Waals surface area (Å²) in [5.74, 6) is 0.516. The highest BCUT2D eigenvalue weighted by Gasteiger charge is 2.39. The summed E-state index contributed by atoms with van der Waals surface area (Å²) in [5.41, 5.74) is -0.0737. The van der Waals surface area contributed by atoms with Gasteiger partial charge in [-0.1, -0.05) is 27.7 Å². The summed E-state index contributed by atoms with van der Waals surface area (Å²) >= 11 is 0. The molecule has 0 aliphatic heterocycles. The molecule has 0 atom stereocenters. The Bertz CT molecular complexity index is 203. The topological polar surface area (TPSA) is 18.5 Å². The van der Waals surface area contributed by atoms with Gasteiger partial charge in [0, 0.05) is 19.4 Å². The van der Waals surface area contributed by atoms with E-state index in [2.05, 4.69) is 34.6 Å². The van der Waals surface area contributed by atoms with E-state index in [1.54, 1.807) is 0 Å². The Labute approximate surface area is 114 Å². The van der Waals surface area contributed by atoms with Crippen LogP contribution in [0, 0.1) is 5.92 Å². The van der Waals surface area contributed by atoms with E-state index in [-0.39, 0.29) is 11.4 Å². The first kappa shape index (κ1) is 17.9. The predicted molar refractivity (Wildman–Crippen MR) is 78.8 cm³/mol. The molecule has 1 fully saturated rings. The van der Waals surface area contributed by atoms with Gasteiger partial charge < -0.3 is 9.47 Å². The van der Waals surface area contributed by atoms with Crippen molar-refractivity contribution in [2.75, 3.05) is 6.61 Å². The van der Waals surface area contributed by atoms with Crippen molar-refractivity contribution in [3.05, 3.63) is 0 Å². The number of hydrogen-bond acceptors (Lipinski definition) is 2. The van der Waals surface area contributed by atoms with Gasteiger partial charge >= 0.3 is 0 Å². The maximum atomic E-state index is 6.28. The molecule has 1 aliphatic rings. The summed E-state index contributed by atoms with van der Waals surface area (Å²) < 4.78 is 12.2. The van der Waals surface area contributed by atoms with Crippen molar-refractivity contribution >= 4 is 0 Å². The Morgan fingerprint density at radius 3 is 2.00 bits per heavy atom. The first-order valence-electron chi connectivity index (χ1n) is 7.77. The molecule has 2 nitrogen and oxygen atoms in total. The highest BCUT2D eigenvalue weighted by molar-refractivity contribution is 4.82. The van der Waals surface area contributed by atoms with Crippen molar-refractivity contribution in [1.82, 2.24) is 0 Å². The van der Waals surface area contributed by atoms with Crippen LogP contribution in [0.15, 0.2) is 0 Å². The van der Waals surface area contributed by atoms with E-state index in [9.17, 15) is 0 Å². The molecule has 0 heterocycles. The molecule has 0 bridgehead atoms. The Kier molecular flexibility index (Phi) is 8.13. The molecule has 0 spiro atoms. The molecule has 0 aromatic heterocycles. The van der Waals surface area contributed by atoms with E-state index in [1.807, 2.05) is 13.8 Å². The van der Waals surface area contributed by atoms with Crippen molar-refractivity contribution in [2.24, 2.45) is 5.92 Å². The van der Waals surface area contributed by atoms with Gasteiger partial charge in [0.25, 0.3) is 0 Å². The lowest BCUT2D eigenvalue weighted by atomic mass is 9.85. The molecular weight excluding hydrogens is 224 g/mol. The van der Waals surface area contributed by atoms with Crippen molar-refractivity contribution in [1.29, 1.82) is 0 Å². The SMILES string of the molecule is CC.CCOC1(OC(C)(C)CC)CCC(C)CC1. The van der Waals surface area contributed by atoms with Gasteiger partial charge in [0.2, 0.25) is 0 Å². The molecule has 0 aromatic rings. The highest BCUT2D eigenvalue weighted by Crippen LogP contribution is 2.39. The van der Waals surface area contributed by atoms with Crippen LogP contribution in [0.4, 0.5) is 0 Å². The van der Waals surface area contributed by atoms with Crippen molar-refractivity contribution in [3.63, 3.8) is 0 Å². The molecule has 0 unspecified atom stereocenters. The normalized spacial score (nSPS) is 28.5. The van der Waals surface area contributed by atoms with Crippen LogP contribution in [0.1, 0.15) is 80.6 Å². The average Bonchev–Trinajstić information content (AvgIpc) is 2.36. The fraction of sp³-hybridized carbons (Fsp3) is 1.00. The Hall–Kier alpha value is -0.0800. The monoisotopic (exact) mass is 258 g/mol. The predicted octanol–water partition coefficient (Wildman–Crippen LogP) is 5.16. The van der Waals surface area contributed by atoms with E-state index in [1.165, 1.54) is 12.8 Å². The third kappa shape index (κ3) is 5.71. The fourth-order valence-corrected chi connectivity index (χ4v) is 2.32. The summed E-state index contributed by atoms with van der Waals surface area (Å²) in [7, 11) is 0. The van der Waals surface area contributed by atoms with Gasteiger partial charge in [0.1, 0.15) is 0 Å². The lowest BCUT2D eigenvalue weighted by Crippen LogP contribution is -2.45. The Morgan fingerprint density at radius 1 is 1.11 bits per heavy atom. The minimum Gasteiger partial charge on any atom is -0.350 e.